The van der Waals surface area contributed by atoms with Gasteiger partial charge in [-0.25, -0.2) is 0 Å². The van der Waals surface area contributed by atoms with E-state index in [9.17, 15) is 15.0 Å². The van der Waals surface area contributed by atoms with Crippen molar-refractivity contribution in [2.75, 3.05) is 37.7 Å². The number of ether oxygens (including phenoxy) is 1. The fraction of sp³-hybridized carbons (Fsp3) is 0.316. The standard InChI is InChI=1S/C19H22N2O4/c22-17-4-2-1-3-16(17)19(24)20-13-18(23)14-5-7-15(8-6-14)21-9-11-25-12-10-21/h1-8,18,22-23H,9-13H2,(H,20,24). The molecule has 0 saturated carbocycles. The van der Waals surface area contributed by atoms with Gasteiger partial charge in [0.1, 0.15) is 5.75 Å². The van der Waals surface area contributed by atoms with Crippen molar-refractivity contribution >= 4 is 11.6 Å². The molecule has 1 heterocycles. The first kappa shape index (κ1) is 17.3. The summed E-state index contributed by atoms with van der Waals surface area (Å²) in [6.45, 7) is 3.24. The van der Waals surface area contributed by atoms with Gasteiger partial charge in [0.25, 0.3) is 5.91 Å². The highest BCUT2D eigenvalue weighted by molar-refractivity contribution is 5.96. The van der Waals surface area contributed by atoms with Crippen LogP contribution in [0.3, 0.4) is 0 Å². The van der Waals surface area contributed by atoms with Crippen molar-refractivity contribution in [1.82, 2.24) is 5.32 Å². The molecule has 0 bridgehead atoms. The lowest BCUT2D eigenvalue weighted by atomic mass is 10.1. The monoisotopic (exact) mass is 342 g/mol. The van der Waals surface area contributed by atoms with Crippen LogP contribution < -0.4 is 10.2 Å². The average molecular weight is 342 g/mol. The summed E-state index contributed by atoms with van der Waals surface area (Å²) >= 11 is 0. The second kappa shape index (κ2) is 8.00. The van der Waals surface area contributed by atoms with E-state index < -0.39 is 12.0 Å². The number of morpholine rings is 1. The first-order chi connectivity index (χ1) is 12.1. The quantitative estimate of drug-likeness (QED) is 0.770. The molecule has 3 rings (SSSR count). The van der Waals surface area contributed by atoms with Crippen molar-refractivity contribution in [2.45, 2.75) is 6.10 Å². The predicted octanol–water partition coefficient (Wildman–Crippen LogP) is 1.69. The first-order valence-corrected chi connectivity index (χ1v) is 8.32. The third kappa shape index (κ3) is 4.29. The van der Waals surface area contributed by atoms with E-state index >= 15 is 0 Å². The van der Waals surface area contributed by atoms with Gasteiger partial charge in [0.2, 0.25) is 0 Å². The normalized spacial score (nSPS) is 15.6. The van der Waals surface area contributed by atoms with E-state index in [2.05, 4.69) is 10.2 Å². The number of aromatic hydroxyl groups is 1. The third-order valence-corrected chi connectivity index (χ3v) is 4.26. The number of para-hydroxylation sites is 1. The average Bonchev–Trinajstić information content (AvgIpc) is 2.67. The maximum absolute atomic E-state index is 12.1. The second-order valence-corrected chi connectivity index (χ2v) is 5.93. The molecule has 2 aromatic carbocycles. The molecule has 1 fully saturated rings. The number of hydrogen-bond acceptors (Lipinski definition) is 5. The summed E-state index contributed by atoms with van der Waals surface area (Å²) in [5, 5.41) is 22.6. The van der Waals surface area contributed by atoms with Gasteiger partial charge in [-0.15, -0.1) is 0 Å². The van der Waals surface area contributed by atoms with Crippen molar-refractivity contribution in [3.05, 3.63) is 59.7 Å². The minimum absolute atomic E-state index is 0.0735. The van der Waals surface area contributed by atoms with Crippen LogP contribution >= 0.6 is 0 Å². The Bertz CT molecular complexity index is 712. The highest BCUT2D eigenvalue weighted by atomic mass is 16.5. The summed E-state index contributed by atoms with van der Waals surface area (Å²) in [6.07, 6.45) is -0.812. The van der Waals surface area contributed by atoms with Gasteiger partial charge in [-0.2, -0.15) is 0 Å². The van der Waals surface area contributed by atoms with Crippen LogP contribution in [-0.2, 0) is 4.74 Å². The largest absolute Gasteiger partial charge is 0.507 e. The van der Waals surface area contributed by atoms with Gasteiger partial charge >= 0.3 is 0 Å². The molecule has 1 atom stereocenters. The molecule has 6 heteroatoms. The molecule has 2 aromatic rings. The molecule has 0 aromatic heterocycles. The van der Waals surface area contributed by atoms with E-state index in [1.165, 1.54) is 12.1 Å². The second-order valence-electron chi connectivity index (χ2n) is 5.93. The molecule has 1 saturated heterocycles. The van der Waals surface area contributed by atoms with E-state index in [1.54, 1.807) is 12.1 Å². The Morgan fingerprint density at radius 2 is 1.80 bits per heavy atom. The maximum Gasteiger partial charge on any atom is 0.255 e. The smallest absolute Gasteiger partial charge is 0.255 e. The van der Waals surface area contributed by atoms with E-state index in [0.717, 1.165) is 37.6 Å². The van der Waals surface area contributed by atoms with E-state index in [1.807, 2.05) is 24.3 Å². The molecule has 1 aliphatic heterocycles. The minimum Gasteiger partial charge on any atom is -0.507 e. The fourth-order valence-corrected chi connectivity index (χ4v) is 2.80. The van der Waals surface area contributed by atoms with Crippen molar-refractivity contribution in [3.63, 3.8) is 0 Å². The van der Waals surface area contributed by atoms with Crippen LogP contribution in [0.25, 0.3) is 0 Å². The van der Waals surface area contributed by atoms with Crippen LogP contribution in [0.5, 0.6) is 5.75 Å². The Balaban J connectivity index is 1.57. The molecule has 132 valence electrons. The van der Waals surface area contributed by atoms with Crippen LogP contribution in [0.1, 0.15) is 22.0 Å². The molecule has 1 unspecified atom stereocenters. The first-order valence-electron chi connectivity index (χ1n) is 8.32. The third-order valence-electron chi connectivity index (χ3n) is 4.26. The number of anilines is 1. The Morgan fingerprint density at radius 3 is 2.48 bits per heavy atom. The van der Waals surface area contributed by atoms with Crippen molar-refractivity contribution in [3.8, 4) is 5.75 Å². The van der Waals surface area contributed by atoms with Gasteiger partial charge < -0.3 is 25.2 Å². The number of nitrogens with zero attached hydrogens (tertiary/aromatic N) is 1. The summed E-state index contributed by atoms with van der Waals surface area (Å²) in [5.41, 5.74) is 2.02. The molecule has 6 nitrogen and oxygen atoms in total. The Labute approximate surface area is 146 Å². The number of benzene rings is 2. The summed E-state index contributed by atoms with van der Waals surface area (Å²) in [5.74, 6) is -0.494. The number of rotatable bonds is 5. The molecular formula is C19H22N2O4. The summed E-state index contributed by atoms with van der Waals surface area (Å²) in [7, 11) is 0. The Kier molecular flexibility index (Phi) is 5.53. The fourth-order valence-electron chi connectivity index (χ4n) is 2.80. The lowest BCUT2D eigenvalue weighted by molar-refractivity contribution is 0.0913. The molecule has 25 heavy (non-hydrogen) atoms. The van der Waals surface area contributed by atoms with Gasteiger partial charge in [0.05, 0.1) is 24.9 Å². The van der Waals surface area contributed by atoms with Crippen molar-refractivity contribution in [1.29, 1.82) is 0 Å². The number of carbonyl (C=O) groups is 1. The number of nitrogens with one attached hydrogen (secondary N) is 1. The molecular weight excluding hydrogens is 320 g/mol. The number of phenolic OH excluding ortho intramolecular Hbond substituents is 1. The summed E-state index contributed by atoms with van der Waals surface area (Å²) < 4.78 is 5.34. The highest BCUT2D eigenvalue weighted by Crippen LogP contribution is 2.20. The number of aliphatic hydroxyl groups excluding tert-OH is 1. The zero-order valence-corrected chi connectivity index (χ0v) is 13.9. The van der Waals surface area contributed by atoms with E-state index in [4.69, 9.17) is 4.74 Å². The SMILES string of the molecule is O=C(NCC(O)c1ccc(N2CCOCC2)cc1)c1ccccc1O. The highest BCUT2D eigenvalue weighted by Gasteiger charge is 2.15. The van der Waals surface area contributed by atoms with Gasteiger partial charge in [0.15, 0.2) is 0 Å². The zero-order chi connectivity index (χ0) is 17.6. The van der Waals surface area contributed by atoms with Gasteiger partial charge in [-0.05, 0) is 29.8 Å². The van der Waals surface area contributed by atoms with Gasteiger partial charge in [0, 0.05) is 25.3 Å². The number of aliphatic hydroxyl groups is 1. The van der Waals surface area contributed by atoms with E-state index in [0.29, 0.717) is 0 Å². The van der Waals surface area contributed by atoms with Crippen LogP contribution in [-0.4, -0.2) is 49.0 Å². The maximum atomic E-state index is 12.1. The lowest BCUT2D eigenvalue weighted by Gasteiger charge is -2.29. The molecule has 3 N–H and O–H groups in total. The van der Waals surface area contributed by atoms with Crippen LogP contribution in [0, 0.1) is 0 Å². The molecule has 0 spiro atoms. The van der Waals surface area contributed by atoms with Crippen molar-refractivity contribution in [2.24, 2.45) is 0 Å². The number of hydrogen-bond donors (Lipinski definition) is 3. The topological polar surface area (TPSA) is 82.0 Å². The van der Waals surface area contributed by atoms with Crippen molar-refractivity contribution < 1.29 is 19.7 Å². The molecule has 1 amide bonds. The van der Waals surface area contributed by atoms with Gasteiger partial charge in [-0.3, -0.25) is 4.79 Å². The summed E-state index contributed by atoms with van der Waals surface area (Å²) in [6, 6.07) is 14.0. The Morgan fingerprint density at radius 1 is 1.12 bits per heavy atom. The lowest BCUT2D eigenvalue weighted by Crippen LogP contribution is -2.36. The number of carbonyl (C=O) groups excluding carboxylic acids is 1. The molecule has 0 aliphatic carbocycles. The Hall–Kier alpha value is -2.57. The number of amides is 1. The van der Waals surface area contributed by atoms with E-state index in [-0.39, 0.29) is 17.9 Å². The minimum atomic E-state index is -0.812. The van der Waals surface area contributed by atoms with Crippen LogP contribution in [0.4, 0.5) is 5.69 Å². The zero-order valence-electron chi connectivity index (χ0n) is 13.9. The van der Waals surface area contributed by atoms with Crippen LogP contribution in [0.2, 0.25) is 0 Å². The molecule has 1 aliphatic rings. The summed E-state index contributed by atoms with van der Waals surface area (Å²) in [4.78, 5) is 14.3. The van der Waals surface area contributed by atoms with Crippen LogP contribution in [0.15, 0.2) is 48.5 Å². The van der Waals surface area contributed by atoms with Gasteiger partial charge in [-0.1, -0.05) is 24.3 Å². The number of phenols is 1. The predicted molar refractivity (Wildman–Crippen MR) is 94.9 cm³/mol. The molecule has 0 radical (unpaired) electrons.